The Morgan fingerprint density at radius 2 is 2.09 bits per heavy atom. The molecule has 2 aromatic rings. The molecule has 0 N–H and O–H groups in total. The van der Waals surface area contributed by atoms with E-state index >= 15 is 0 Å². The highest BCUT2D eigenvalue weighted by Crippen LogP contribution is 2.23. The molecule has 4 heteroatoms. The average Bonchev–Trinajstić information content (AvgIpc) is 2.93. The first-order valence-electron chi connectivity index (χ1n) is 7.68. The highest BCUT2D eigenvalue weighted by atomic mass is 19.1. The summed E-state index contributed by atoms with van der Waals surface area (Å²) >= 11 is 0. The molecular weight excluding hydrogens is 282 g/mol. The molecular formula is C18H20F2N2. The van der Waals surface area contributed by atoms with Gasteiger partial charge in [0.1, 0.15) is 11.6 Å². The number of hydrogen-bond donors (Lipinski definition) is 0. The minimum Gasteiger partial charge on any atom is -0.297 e. The zero-order valence-corrected chi connectivity index (χ0v) is 12.7. The summed E-state index contributed by atoms with van der Waals surface area (Å²) in [6.07, 6.45) is 3.67. The third-order valence-electron chi connectivity index (χ3n) is 4.32. The summed E-state index contributed by atoms with van der Waals surface area (Å²) < 4.78 is 26.9. The van der Waals surface area contributed by atoms with Crippen LogP contribution >= 0.6 is 0 Å². The Bertz CT molecular complexity index is 657. The molecule has 1 atom stereocenters. The van der Waals surface area contributed by atoms with E-state index in [0.29, 0.717) is 23.7 Å². The molecule has 0 aliphatic carbocycles. The zero-order valence-electron chi connectivity index (χ0n) is 12.7. The Kier molecular flexibility index (Phi) is 4.48. The largest absolute Gasteiger partial charge is 0.297 e. The second-order valence-corrected chi connectivity index (χ2v) is 6.11. The topological polar surface area (TPSA) is 16.1 Å². The van der Waals surface area contributed by atoms with Gasteiger partial charge in [-0.05, 0) is 61.6 Å². The van der Waals surface area contributed by atoms with Crippen molar-refractivity contribution in [1.29, 1.82) is 0 Å². The molecule has 116 valence electrons. The van der Waals surface area contributed by atoms with Crippen molar-refractivity contribution >= 4 is 0 Å². The van der Waals surface area contributed by atoms with E-state index in [1.54, 1.807) is 25.3 Å². The van der Waals surface area contributed by atoms with Crippen LogP contribution in [0.25, 0.3) is 0 Å². The van der Waals surface area contributed by atoms with Crippen LogP contribution in [-0.4, -0.2) is 23.0 Å². The SMILES string of the molecule is Cc1cc(CC2CCN(Cc3ncccc3F)C2)ccc1F. The van der Waals surface area contributed by atoms with Crippen molar-refractivity contribution in [1.82, 2.24) is 9.88 Å². The van der Waals surface area contributed by atoms with Gasteiger partial charge >= 0.3 is 0 Å². The van der Waals surface area contributed by atoms with Gasteiger partial charge in [-0.15, -0.1) is 0 Å². The van der Waals surface area contributed by atoms with Gasteiger partial charge in [-0.25, -0.2) is 8.78 Å². The predicted octanol–water partition coefficient (Wildman–Crippen LogP) is 3.73. The number of aryl methyl sites for hydroxylation is 1. The summed E-state index contributed by atoms with van der Waals surface area (Å²) in [6, 6.07) is 8.40. The number of benzene rings is 1. The van der Waals surface area contributed by atoms with Crippen molar-refractivity contribution in [2.24, 2.45) is 5.92 Å². The molecule has 0 saturated carbocycles. The smallest absolute Gasteiger partial charge is 0.146 e. The Labute approximate surface area is 129 Å². The summed E-state index contributed by atoms with van der Waals surface area (Å²) in [5.41, 5.74) is 2.39. The molecule has 0 amide bonds. The lowest BCUT2D eigenvalue weighted by molar-refractivity contribution is 0.306. The fourth-order valence-electron chi connectivity index (χ4n) is 3.14. The van der Waals surface area contributed by atoms with Gasteiger partial charge in [0.05, 0.1) is 5.69 Å². The molecule has 2 heterocycles. The molecule has 0 bridgehead atoms. The van der Waals surface area contributed by atoms with Gasteiger partial charge < -0.3 is 0 Å². The van der Waals surface area contributed by atoms with E-state index in [1.165, 1.54) is 11.6 Å². The van der Waals surface area contributed by atoms with Crippen molar-refractivity contribution in [3.8, 4) is 0 Å². The van der Waals surface area contributed by atoms with Gasteiger partial charge in [-0.3, -0.25) is 9.88 Å². The molecule has 1 aliphatic heterocycles. The van der Waals surface area contributed by atoms with Crippen molar-refractivity contribution in [3.63, 3.8) is 0 Å². The number of hydrogen-bond acceptors (Lipinski definition) is 2. The van der Waals surface area contributed by atoms with E-state index in [1.807, 2.05) is 12.1 Å². The van der Waals surface area contributed by atoms with Crippen LogP contribution in [0.3, 0.4) is 0 Å². The van der Waals surface area contributed by atoms with Gasteiger partial charge in [-0.1, -0.05) is 12.1 Å². The normalized spacial score (nSPS) is 18.8. The minimum atomic E-state index is -0.236. The average molecular weight is 302 g/mol. The van der Waals surface area contributed by atoms with Crippen molar-refractivity contribution < 1.29 is 8.78 Å². The molecule has 2 nitrogen and oxygen atoms in total. The van der Waals surface area contributed by atoms with Crippen LogP contribution in [0.1, 0.15) is 23.2 Å². The molecule has 22 heavy (non-hydrogen) atoms. The van der Waals surface area contributed by atoms with Crippen LogP contribution in [-0.2, 0) is 13.0 Å². The van der Waals surface area contributed by atoms with Crippen LogP contribution in [0.15, 0.2) is 36.5 Å². The maximum Gasteiger partial charge on any atom is 0.146 e. The molecule has 1 fully saturated rings. The van der Waals surface area contributed by atoms with Crippen LogP contribution in [0.2, 0.25) is 0 Å². The molecule has 3 rings (SSSR count). The third-order valence-corrected chi connectivity index (χ3v) is 4.32. The molecule has 0 spiro atoms. The third kappa shape index (κ3) is 3.50. The molecule has 1 aromatic heterocycles. The fraction of sp³-hybridized carbons (Fsp3) is 0.389. The standard InChI is InChI=1S/C18H20F2N2/c1-13-9-14(4-5-16(13)19)10-15-6-8-22(11-15)12-18-17(20)3-2-7-21-18/h2-5,7,9,15H,6,8,10-12H2,1H3. The van der Waals surface area contributed by atoms with Crippen molar-refractivity contribution in [2.45, 2.75) is 26.3 Å². The fourth-order valence-corrected chi connectivity index (χ4v) is 3.14. The number of nitrogens with zero attached hydrogens (tertiary/aromatic N) is 2. The van der Waals surface area contributed by atoms with E-state index in [2.05, 4.69) is 9.88 Å². The zero-order chi connectivity index (χ0) is 15.5. The van der Waals surface area contributed by atoms with E-state index in [4.69, 9.17) is 0 Å². The first kappa shape index (κ1) is 15.1. The molecule has 1 aromatic carbocycles. The minimum absolute atomic E-state index is 0.151. The van der Waals surface area contributed by atoms with Crippen LogP contribution in [0.5, 0.6) is 0 Å². The molecule has 1 aliphatic rings. The Hall–Kier alpha value is -1.81. The lowest BCUT2D eigenvalue weighted by atomic mass is 9.97. The monoisotopic (exact) mass is 302 g/mol. The van der Waals surface area contributed by atoms with E-state index in [0.717, 1.165) is 25.9 Å². The summed E-state index contributed by atoms with van der Waals surface area (Å²) in [6.45, 7) is 4.25. The Balaban J connectivity index is 1.58. The van der Waals surface area contributed by atoms with Crippen LogP contribution in [0.4, 0.5) is 8.78 Å². The second kappa shape index (κ2) is 6.53. The van der Waals surface area contributed by atoms with Gasteiger partial charge in [0.2, 0.25) is 0 Å². The Morgan fingerprint density at radius 3 is 2.86 bits per heavy atom. The second-order valence-electron chi connectivity index (χ2n) is 6.11. The molecule has 1 unspecified atom stereocenters. The molecule has 0 radical (unpaired) electrons. The highest BCUT2D eigenvalue weighted by molar-refractivity contribution is 5.24. The Morgan fingerprint density at radius 1 is 1.23 bits per heavy atom. The van der Waals surface area contributed by atoms with E-state index in [-0.39, 0.29) is 11.6 Å². The number of likely N-dealkylation sites (tertiary alicyclic amines) is 1. The van der Waals surface area contributed by atoms with Gasteiger partial charge in [0, 0.05) is 19.3 Å². The number of aromatic nitrogens is 1. The quantitative estimate of drug-likeness (QED) is 0.855. The lowest BCUT2D eigenvalue weighted by Gasteiger charge is -2.16. The predicted molar refractivity (Wildman–Crippen MR) is 82.4 cm³/mol. The van der Waals surface area contributed by atoms with Crippen LogP contribution in [0, 0.1) is 24.5 Å². The lowest BCUT2D eigenvalue weighted by Crippen LogP contribution is -2.22. The summed E-state index contributed by atoms with van der Waals surface area (Å²) in [7, 11) is 0. The maximum atomic E-state index is 13.6. The highest BCUT2D eigenvalue weighted by Gasteiger charge is 2.23. The summed E-state index contributed by atoms with van der Waals surface area (Å²) in [4.78, 5) is 6.36. The van der Waals surface area contributed by atoms with Gasteiger partial charge in [-0.2, -0.15) is 0 Å². The number of pyridine rings is 1. The first-order chi connectivity index (χ1) is 10.6. The molecule has 1 saturated heterocycles. The maximum absolute atomic E-state index is 13.6. The van der Waals surface area contributed by atoms with Gasteiger partial charge in [0.15, 0.2) is 0 Å². The van der Waals surface area contributed by atoms with E-state index in [9.17, 15) is 8.78 Å². The van der Waals surface area contributed by atoms with Crippen molar-refractivity contribution in [2.75, 3.05) is 13.1 Å². The first-order valence-corrected chi connectivity index (χ1v) is 7.68. The summed E-state index contributed by atoms with van der Waals surface area (Å²) in [5.74, 6) is 0.152. The van der Waals surface area contributed by atoms with Crippen molar-refractivity contribution in [3.05, 3.63) is 65.0 Å². The van der Waals surface area contributed by atoms with E-state index < -0.39 is 0 Å². The number of halogens is 2. The summed E-state index contributed by atoms with van der Waals surface area (Å²) in [5, 5.41) is 0. The number of rotatable bonds is 4. The van der Waals surface area contributed by atoms with Crippen LogP contribution < -0.4 is 0 Å². The van der Waals surface area contributed by atoms with Gasteiger partial charge in [0.25, 0.3) is 0 Å².